The number of nitrogens with zero attached hydrogens (tertiary/aromatic N) is 1. The molecule has 0 radical (unpaired) electrons. The van der Waals surface area contributed by atoms with Gasteiger partial charge in [0.2, 0.25) is 0 Å². The lowest BCUT2D eigenvalue weighted by Crippen LogP contribution is -2.55. The number of carbonyl (C=O) groups excluding carboxylic acids is 1. The molecule has 2 atom stereocenters. The smallest absolute Gasteiger partial charge is 0.254 e. The Morgan fingerprint density at radius 1 is 1.24 bits per heavy atom. The van der Waals surface area contributed by atoms with Gasteiger partial charge in [-0.15, -0.1) is 0 Å². The monoisotopic (exact) mass is 310 g/mol. The second-order valence-corrected chi connectivity index (χ2v) is 7.94. The summed E-state index contributed by atoms with van der Waals surface area (Å²) in [6, 6.07) is 5.19. The number of nitrogens with one attached hydrogen (secondary N) is 1. The van der Waals surface area contributed by atoms with E-state index in [1.54, 1.807) is 17.0 Å². The van der Waals surface area contributed by atoms with Crippen molar-refractivity contribution in [2.45, 2.75) is 37.8 Å². The predicted molar refractivity (Wildman–Crippen MR) is 82.3 cm³/mol. The minimum atomic E-state index is -3.31. The van der Waals surface area contributed by atoms with E-state index in [0.717, 1.165) is 11.8 Å². The Morgan fingerprint density at radius 2 is 1.81 bits per heavy atom. The van der Waals surface area contributed by atoms with E-state index in [0.29, 0.717) is 18.7 Å². The van der Waals surface area contributed by atoms with Gasteiger partial charge in [-0.1, -0.05) is 6.07 Å². The number of piperazine rings is 1. The number of hydrogen-bond donors (Lipinski definition) is 1. The number of aryl methyl sites for hydroxylation is 1. The van der Waals surface area contributed by atoms with Gasteiger partial charge >= 0.3 is 0 Å². The van der Waals surface area contributed by atoms with Crippen LogP contribution in [0.2, 0.25) is 0 Å². The first-order valence-corrected chi connectivity index (χ1v) is 8.93. The Bertz CT molecular complexity index is 645. The second kappa shape index (κ2) is 5.77. The summed E-state index contributed by atoms with van der Waals surface area (Å²) in [5.41, 5.74) is 1.27. The van der Waals surface area contributed by atoms with Crippen molar-refractivity contribution in [1.82, 2.24) is 10.2 Å². The van der Waals surface area contributed by atoms with Crippen LogP contribution in [0.25, 0.3) is 0 Å². The maximum atomic E-state index is 12.7. The number of amides is 1. The molecular formula is C15H22N2O3S. The molecule has 0 spiro atoms. The molecule has 6 heteroatoms. The van der Waals surface area contributed by atoms with Crippen LogP contribution >= 0.6 is 0 Å². The van der Waals surface area contributed by atoms with Gasteiger partial charge in [0.25, 0.3) is 5.91 Å². The van der Waals surface area contributed by atoms with Crippen molar-refractivity contribution in [3.63, 3.8) is 0 Å². The molecule has 0 aliphatic carbocycles. The molecule has 0 bridgehead atoms. The van der Waals surface area contributed by atoms with Gasteiger partial charge in [-0.25, -0.2) is 8.42 Å². The van der Waals surface area contributed by atoms with Crippen LogP contribution in [0.1, 0.15) is 29.8 Å². The fourth-order valence-electron chi connectivity index (χ4n) is 2.73. The van der Waals surface area contributed by atoms with Gasteiger partial charge in [-0.05, 0) is 38.5 Å². The number of hydrogen-bond acceptors (Lipinski definition) is 4. The molecule has 0 unspecified atom stereocenters. The highest BCUT2D eigenvalue weighted by atomic mass is 32.2. The normalized spacial score (nSPS) is 23.1. The molecule has 5 nitrogen and oxygen atoms in total. The number of rotatable bonds is 2. The third-order valence-corrected chi connectivity index (χ3v) is 4.82. The van der Waals surface area contributed by atoms with Crippen LogP contribution in [0.5, 0.6) is 0 Å². The van der Waals surface area contributed by atoms with Crippen molar-refractivity contribution in [2.75, 3.05) is 19.3 Å². The summed E-state index contributed by atoms with van der Waals surface area (Å²) >= 11 is 0. The molecule has 21 heavy (non-hydrogen) atoms. The van der Waals surface area contributed by atoms with Gasteiger partial charge in [0.15, 0.2) is 9.84 Å². The van der Waals surface area contributed by atoms with E-state index in [2.05, 4.69) is 5.32 Å². The Kier molecular flexibility index (Phi) is 4.39. The van der Waals surface area contributed by atoms with Crippen LogP contribution in [0.4, 0.5) is 0 Å². The van der Waals surface area contributed by atoms with E-state index < -0.39 is 9.84 Å². The summed E-state index contributed by atoms with van der Waals surface area (Å²) in [6.07, 6.45) is 1.15. The molecule has 0 saturated carbocycles. The van der Waals surface area contributed by atoms with Gasteiger partial charge < -0.3 is 10.2 Å². The van der Waals surface area contributed by atoms with Crippen molar-refractivity contribution in [2.24, 2.45) is 0 Å². The standard InChI is InChI=1S/C15H22N2O3S/c1-10-5-6-13(21(4,19)20)7-14(10)15(18)17-8-11(2)16-12(3)9-17/h5-7,11-12,16H,8-9H2,1-4H3/t11-,12-/m0/s1. The van der Waals surface area contributed by atoms with Gasteiger partial charge in [-0.2, -0.15) is 0 Å². The fourth-order valence-corrected chi connectivity index (χ4v) is 3.37. The van der Waals surface area contributed by atoms with Crippen LogP contribution < -0.4 is 5.32 Å². The van der Waals surface area contributed by atoms with Crippen LogP contribution in [0.3, 0.4) is 0 Å². The largest absolute Gasteiger partial charge is 0.336 e. The SMILES string of the molecule is Cc1ccc(S(C)(=O)=O)cc1C(=O)N1C[C@H](C)N[C@@H](C)C1. The zero-order chi connectivity index (χ0) is 15.8. The summed E-state index contributed by atoms with van der Waals surface area (Å²) < 4.78 is 23.3. The van der Waals surface area contributed by atoms with Crippen LogP contribution in [0.15, 0.2) is 23.1 Å². The molecule has 1 fully saturated rings. The first-order chi connectivity index (χ1) is 9.68. The maximum Gasteiger partial charge on any atom is 0.254 e. The molecule has 2 rings (SSSR count). The van der Waals surface area contributed by atoms with Crippen molar-refractivity contribution in [1.29, 1.82) is 0 Å². The van der Waals surface area contributed by atoms with Crippen molar-refractivity contribution in [3.05, 3.63) is 29.3 Å². The van der Waals surface area contributed by atoms with Crippen molar-refractivity contribution >= 4 is 15.7 Å². The molecule has 1 aromatic carbocycles. The highest BCUT2D eigenvalue weighted by Crippen LogP contribution is 2.19. The molecule has 0 aromatic heterocycles. The van der Waals surface area contributed by atoms with Gasteiger partial charge in [-0.3, -0.25) is 4.79 Å². The van der Waals surface area contributed by atoms with E-state index in [1.165, 1.54) is 6.07 Å². The topological polar surface area (TPSA) is 66.5 Å². The zero-order valence-electron chi connectivity index (χ0n) is 12.9. The molecule has 116 valence electrons. The first kappa shape index (κ1) is 16.0. The minimum Gasteiger partial charge on any atom is -0.336 e. The molecule has 1 saturated heterocycles. The fraction of sp³-hybridized carbons (Fsp3) is 0.533. The highest BCUT2D eigenvalue weighted by Gasteiger charge is 2.26. The van der Waals surface area contributed by atoms with E-state index in [9.17, 15) is 13.2 Å². The number of benzene rings is 1. The van der Waals surface area contributed by atoms with Crippen LogP contribution in [-0.4, -0.2) is 50.7 Å². The summed E-state index contributed by atoms with van der Waals surface area (Å²) in [7, 11) is -3.31. The Hall–Kier alpha value is -1.40. The second-order valence-electron chi connectivity index (χ2n) is 5.93. The third-order valence-electron chi connectivity index (χ3n) is 3.71. The van der Waals surface area contributed by atoms with E-state index in [1.807, 2.05) is 20.8 Å². The summed E-state index contributed by atoms with van der Waals surface area (Å²) in [4.78, 5) is 14.7. The van der Waals surface area contributed by atoms with Crippen LogP contribution in [0, 0.1) is 6.92 Å². The van der Waals surface area contributed by atoms with E-state index >= 15 is 0 Å². The lowest BCUT2D eigenvalue weighted by atomic mass is 10.1. The molecular weight excluding hydrogens is 288 g/mol. The lowest BCUT2D eigenvalue weighted by molar-refractivity contribution is 0.0673. The minimum absolute atomic E-state index is 0.0989. The third kappa shape index (κ3) is 3.63. The molecule has 1 aliphatic rings. The maximum absolute atomic E-state index is 12.7. The Morgan fingerprint density at radius 3 is 2.33 bits per heavy atom. The summed E-state index contributed by atoms with van der Waals surface area (Å²) in [5, 5.41) is 3.38. The van der Waals surface area contributed by atoms with E-state index in [4.69, 9.17) is 0 Å². The van der Waals surface area contributed by atoms with Gasteiger partial charge in [0.1, 0.15) is 0 Å². The number of carbonyl (C=O) groups is 1. The zero-order valence-corrected chi connectivity index (χ0v) is 13.7. The molecule has 1 N–H and O–H groups in total. The summed E-state index contributed by atoms with van der Waals surface area (Å²) in [6.45, 7) is 7.16. The average molecular weight is 310 g/mol. The summed E-state index contributed by atoms with van der Waals surface area (Å²) in [5.74, 6) is -0.0989. The molecule has 1 amide bonds. The highest BCUT2D eigenvalue weighted by molar-refractivity contribution is 7.90. The Labute approximate surface area is 126 Å². The lowest BCUT2D eigenvalue weighted by Gasteiger charge is -2.36. The predicted octanol–water partition coefficient (Wildman–Crippen LogP) is 1.22. The van der Waals surface area contributed by atoms with Gasteiger partial charge in [0.05, 0.1) is 4.90 Å². The first-order valence-electron chi connectivity index (χ1n) is 7.04. The number of sulfone groups is 1. The molecule has 1 aliphatic heterocycles. The van der Waals surface area contributed by atoms with Crippen molar-refractivity contribution < 1.29 is 13.2 Å². The van der Waals surface area contributed by atoms with E-state index in [-0.39, 0.29) is 22.9 Å². The van der Waals surface area contributed by atoms with Gasteiger partial charge in [0, 0.05) is 37.0 Å². The quantitative estimate of drug-likeness (QED) is 0.892. The Balaban J connectivity index is 2.34. The average Bonchev–Trinajstić information content (AvgIpc) is 2.36. The molecule has 1 aromatic rings. The van der Waals surface area contributed by atoms with Crippen LogP contribution in [-0.2, 0) is 9.84 Å². The van der Waals surface area contributed by atoms with Crippen molar-refractivity contribution in [3.8, 4) is 0 Å². The molecule has 1 heterocycles.